The zero-order valence-corrected chi connectivity index (χ0v) is 21.8. The van der Waals surface area contributed by atoms with Crippen molar-refractivity contribution in [1.29, 1.82) is 0 Å². The molecule has 0 unspecified atom stereocenters. The number of anilines is 2. The van der Waals surface area contributed by atoms with E-state index in [9.17, 15) is 14.4 Å². The first-order valence-corrected chi connectivity index (χ1v) is 13.2. The minimum absolute atomic E-state index is 0.181. The number of ether oxygens (including phenoxy) is 1. The van der Waals surface area contributed by atoms with Crippen molar-refractivity contribution in [2.24, 2.45) is 0 Å². The number of thiazole rings is 1. The van der Waals surface area contributed by atoms with Gasteiger partial charge in [0, 0.05) is 15.8 Å². The molecule has 0 spiro atoms. The number of carbonyl (C=O) groups excluding carboxylic acids is 3. The van der Waals surface area contributed by atoms with Crippen molar-refractivity contribution in [3.05, 3.63) is 82.3 Å². The summed E-state index contributed by atoms with van der Waals surface area (Å²) in [7, 11) is 0. The van der Waals surface area contributed by atoms with Crippen LogP contribution in [0.1, 0.15) is 27.6 Å². The average Bonchev–Trinajstić information content (AvgIpc) is 3.26. The lowest BCUT2D eigenvalue weighted by molar-refractivity contribution is -0.113. The first-order chi connectivity index (χ1) is 16.9. The fourth-order valence-corrected chi connectivity index (χ4v) is 5.49. The summed E-state index contributed by atoms with van der Waals surface area (Å²) in [6, 6.07) is 19.3. The number of rotatable bonds is 8. The number of aromatic nitrogens is 1. The molecule has 1 heterocycles. The lowest BCUT2D eigenvalue weighted by Crippen LogP contribution is -2.14. The van der Waals surface area contributed by atoms with Crippen LogP contribution in [-0.2, 0) is 9.53 Å². The van der Waals surface area contributed by atoms with Gasteiger partial charge in [-0.2, -0.15) is 0 Å². The Labute approximate surface area is 218 Å². The molecule has 0 aliphatic heterocycles. The van der Waals surface area contributed by atoms with E-state index in [1.54, 1.807) is 43.3 Å². The summed E-state index contributed by atoms with van der Waals surface area (Å²) < 4.78 is 7.34. The Morgan fingerprint density at radius 3 is 2.49 bits per heavy atom. The molecule has 0 saturated carbocycles. The third kappa shape index (κ3) is 6.47. The largest absolute Gasteiger partial charge is 0.462 e. The lowest BCUT2D eigenvalue weighted by Gasteiger charge is -2.06. The molecule has 0 atom stereocenters. The number of nitrogens with zero attached hydrogens (tertiary/aromatic N) is 1. The Bertz CT molecular complexity index is 1390. The van der Waals surface area contributed by atoms with Crippen molar-refractivity contribution in [2.75, 3.05) is 23.0 Å². The number of hydrogen-bond acceptors (Lipinski definition) is 7. The molecule has 10 heteroatoms. The molecule has 0 radical (unpaired) electrons. The van der Waals surface area contributed by atoms with E-state index in [0.717, 1.165) is 19.0 Å². The maximum absolute atomic E-state index is 12.6. The van der Waals surface area contributed by atoms with Gasteiger partial charge in [0.25, 0.3) is 5.91 Å². The van der Waals surface area contributed by atoms with Crippen LogP contribution in [0.4, 0.5) is 11.4 Å². The number of hydrogen-bond donors (Lipinski definition) is 2. The molecule has 0 aliphatic rings. The number of carbonyl (C=O) groups is 3. The van der Waals surface area contributed by atoms with Crippen molar-refractivity contribution in [2.45, 2.75) is 11.3 Å². The number of benzene rings is 3. The van der Waals surface area contributed by atoms with Crippen LogP contribution in [-0.4, -0.2) is 35.1 Å². The third-order valence-corrected chi connectivity index (χ3v) is 7.60. The van der Waals surface area contributed by atoms with Gasteiger partial charge in [-0.25, -0.2) is 9.78 Å². The lowest BCUT2D eigenvalue weighted by atomic mass is 10.2. The van der Waals surface area contributed by atoms with Crippen LogP contribution < -0.4 is 10.6 Å². The van der Waals surface area contributed by atoms with Crippen LogP contribution in [0.3, 0.4) is 0 Å². The van der Waals surface area contributed by atoms with E-state index >= 15 is 0 Å². The van der Waals surface area contributed by atoms with E-state index in [-0.39, 0.29) is 17.6 Å². The Balaban J connectivity index is 1.34. The van der Waals surface area contributed by atoms with Crippen LogP contribution in [0.5, 0.6) is 0 Å². The van der Waals surface area contributed by atoms with Crippen LogP contribution in [0.25, 0.3) is 10.2 Å². The fourth-order valence-electron chi connectivity index (χ4n) is 3.12. The summed E-state index contributed by atoms with van der Waals surface area (Å²) >= 11 is 6.18. The summed E-state index contributed by atoms with van der Waals surface area (Å²) in [5, 5.41) is 5.71. The summed E-state index contributed by atoms with van der Waals surface area (Å²) in [6.07, 6.45) is 0. The zero-order chi connectivity index (χ0) is 24.8. The van der Waals surface area contributed by atoms with E-state index in [1.807, 2.05) is 30.3 Å². The molecule has 178 valence electrons. The Morgan fingerprint density at radius 2 is 1.74 bits per heavy atom. The van der Waals surface area contributed by atoms with E-state index in [4.69, 9.17) is 4.74 Å². The molecule has 0 aliphatic carbocycles. The van der Waals surface area contributed by atoms with Gasteiger partial charge in [-0.3, -0.25) is 9.59 Å². The number of esters is 1. The van der Waals surface area contributed by atoms with Gasteiger partial charge in [0.2, 0.25) is 5.91 Å². The van der Waals surface area contributed by atoms with Crippen molar-refractivity contribution >= 4 is 78.4 Å². The minimum Gasteiger partial charge on any atom is -0.462 e. The Hall–Kier alpha value is -3.21. The predicted octanol–water partition coefficient (Wildman–Crippen LogP) is 6.22. The van der Waals surface area contributed by atoms with E-state index < -0.39 is 5.97 Å². The molecular formula is C25H20BrN3O4S2. The van der Waals surface area contributed by atoms with Gasteiger partial charge in [0.15, 0.2) is 4.34 Å². The van der Waals surface area contributed by atoms with Gasteiger partial charge in [-0.15, -0.1) is 11.3 Å². The smallest absolute Gasteiger partial charge is 0.338 e. The van der Waals surface area contributed by atoms with Crippen LogP contribution in [0, 0.1) is 0 Å². The van der Waals surface area contributed by atoms with Crippen LogP contribution in [0.15, 0.2) is 75.5 Å². The summed E-state index contributed by atoms with van der Waals surface area (Å²) in [5.41, 5.74) is 3.04. The first-order valence-electron chi connectivity index (χ1n) is 10.6. The second-order valence-electron chi connectivity index (χ2n) is 7.23. The first kappa shape index (κ1) is 24.9. The zero-order valence-electron chi connectivity index (χ0n) is 18.5. The average molecular weight is 570 g/mol. The Kier molecular flexibility index (Phi) is 8.17. The fraction of sp³-hybridized carbons (Fsp3) is 0.120. The summed E-state index contributed by atoms with van der Waals surface area (Å²) in [4.78, 5) is 41.2. The van der Waals surface area contributed by atoms with Crippen molar-refractivity contribution < 1.29 is 19.1 Å². The molecule has 3 aromatic carbocycles. The van der Waals surface area contributed by atoms with Crippen molar-refractivity contribution in [3.8, 4) is 0 Å². The molecular weight excluding hydrogens is 550 g/mol. The van der Waals surface area contributed by atoms with Gasteiger partial charge in [-0.1, -0.05) is 23.9 Å². The van der Waals surface area contributed by atoms with E-state index in [2.05, 4.69) is 31.5 Å². The molecule has 35 heavy (non-hydrogen) atoms. The highest BCUT2D eigenvalue weighted by molar-refractivity contribution is 9.10. The highest BCUT2D eigenvalue weighted by Crippen LogP contribution is 2.31. The van der Waals surface area contributed by atoms with E-state index in [0.29, 0.717) is 29.1 Å². The monoisotopic (exact) mass is 569 g/mol. The number of thioether (sulfide) groups is 1. The Morgan fingerprint density at radius 1 is 1.00 bits per heavy atom. The number of halogens is 1. The van der Waals surface area contributed by atoms with Gasteiger partial charge < -0.3 is 15.4 Å². The highest BCUT2D eigenvalue weighted by atomic mass is 79.9. The number of nitrogens with one attached hydrogen (secondary N) is 2. The molecule has 0 fully saturated rings. The molecule has 2 N–H and O–H groups in total. The molecule has 2 amide bonds. The molecule has 1 aromatic heterocycles. The van der Waals surface area contributed by atoms with Gasteiger partial charge in [0.1, 0.15) is 0 Å². The molecule has 4 rings (SSSR count). The van der Waals surface area contributed by atoms with Crippen LogP contribution >= 0.6 is 39.0 Å². The second kappa shape index (κ2) is 11.5. The predicted molar refractivity (Wildman–Crippen MR) is 143 cm³/mol. The van der Waals surface area contributed by atoms with E-state index in [1.165, 1.54) is 23.1 Å². The molecule has 0 bridgehead atoms. The SMILES string of the molecule is CCOC(=O)c1ccc(NC(=O)CSc2nc3ccc(NC(=O)c4ccccc4Br)cc3s2)cc1. The maximum atomic E-state index is 12.6. The number of amides is 2. The van der Waals surface area contributed by atoms with Gasteiger partial charge >= 0.3 is 5.97 Å². The molecule has 0 saturated heterocycles. The standard InChI is InChI=1S/C25H20BrN3O4S2/c1-2-33-24(32)15-7-9-16(10-8-15)27-22(30)14-34-25-29-20-12-11-17(13-21(20)35-25)28-23(31)18-5-3-4-6-19(18)26/h3-13H,2,14H2,1H3,(H,27,30)(H,28,31). The number of fused-ring (bicyclic) bond motifs is 1. The second-order valence-corrected chi connectivity index (χ2v) is 10.3. The van der Waals surface area contributed by atoms with Crippen LogP contribution in [0.2, 0.25) is 0 Å². The summed E-state index contributed by atoms with van der Waals surface area (Å²) in [5.74, 6) is -0.597. The van der Waals surface area contributed by atoms with Gasteiger partial charge in [-0.05, 0) is 77.5 Å². The minimum atomic E-state index is -0.396. The normalized spacial score (nSPS) is 10.7. The maximum Gasteiger partial charge on any atom is 0.338 e. The molecule has 7 nitrogen and oxygen atoms in total. The molecule has 4 aromatic rings. The topological polar surface area (TPSA) is 97.4 Å². The third-order valence-electron chi connectivity index (χ3n) is 4.75. The van der Waals surface area contributed by atoms with Crippen molar-refractivity contribution in [3.63, 3.8) is 0 Å². The summed E-state index contributed by atoms with van der Waals surface area (Å²) in [6.45, 7) is 2.06. The van der Waals surface area contributed by atoms with Crippen molar-refractivity contribution in [1.82, 2.24) is 4.98 Å². The van der Waals surface area contributed by atoms with Gasteiger partial charge in [0.05, 0.1) is 33.7 Å². The highest BCUT2D eigenvalue weighted by Gasteiger charge is 2.13. The quantitative estimate of drug-likeness (QED) is 0.193.